The van der Waals surface area contributed by atoms with Crippen LogP contribution in [0, 0.1) is 5.92 Å². The summed E-state index contributed by atoms with van der Waals surface area (Å²) in [7, 11) is 0. The second kappa shape index (κ2) is 19.5. The molecule has 3 amide bonds. The second-order valence-corrected chi connectivity index (χ2v) is 6.33. The predicted octanol–water partition coefficient (Wildman–Crippen LogP) is 1.73. The summed E-state index contributed by atoms with van der Waals surface area (Å²) in [6.07, 6.45) is 0. The van der Waals surface area contributed by atoms with Crippen LogP contribution in [0.15, 0.2) is 0 Å². The van der Waals surface area contributed by atoms with E-state index in [0.29, 0.717) is 12.3 Å². The number of rotatable bonds is 10. The van der Waals surface area contributed by atoms with Gasteiger partial charge in [0.1, 0.15) is 6.04 Å². The Morgan fingerprint density at radius 3 is 1.78 bits per heavy atom. The van der Waals surface area contributed by atoms with Gasteiger partial charge in [0.25, 0.3) is 0 Å². The third-order valence-corrected chi connectivity index (χ3v) is 3.43. The molecule has 0 aromatic rings. The first-order chi connectivity index (χ1) is 12.7. The summed E-state index contributed by atoms with van der Waals surface area (Å²) in [5, 5.41) is 11.0. The Hall–Kier alpha value is -1.28. The molecule has 0 saturated carbocycles. The molecular weight excluding hydrogens is 364 g/mol. The van der Waals surface area contributed by atoms with Crippen molar-refractivity contribution < 1.29 is 14.4 Å². The summed E-state index contributed by atoms with van der Waals surface area (Å²) in [4.78, 5) is 35.9. The lowest BCUT2D eigenvalue weighted by Gasteiger charge is -2.23. The first-order valence-corrected chi connectivity index (χ1v) is 10.6. The van der Waals surface area contributed by atoms with Gasteiger partial charge in [-0.25, -0.2) is 0 Å². The summed E-state index contributed by atoms with van der Waals surface area (Å²) in [6, 6.07) is -1.07. The number of carbonyl (C=O) groups is 3. The third kappa shape index (κ3) is 15.5. The molecule has 0 aromatic heterocycles. The highest BCUT2D eigenvalue weighted by Gasteiger charge is 2.25. The van der Waals surface area contributed by atoms with Crippen LogP contribution in [-0.4, -0.2) is 54.7 Å². The van der Waals surface area contributed by atoms with Crippen molar-refractivity contribution in [1.29, 1.82) is 0 Å². The molecule has 0 saturated heterocycles. The Labute approximate surface area is 171 Å². The maximum absolute atomic E-state index is 12.1. The lowest BCUT2D eigenvalue weighted by Crippen LogP contribution is -2.54. The standard InChI is InChI=1S/C15H30N4O3S.2C2H6/c1-6-16-11(8-23)14(21)17-7-12(20)19-13(9(2)3)15(22)18-10(4)5;2*1-2/h9-11,13,16,23H,6-8H2,1-5H3,(H,17,21)(H,18,22)(H,19,20);2*1-2H3. The zero-order chi connectivity index (χ0) is 22.0. The van der Waals surface area contributed by atoms with Gasteiger partial charge in [0.05, 0.1) is 12.6 Å². The van der Waals surface area contributed by atoms with Crippen LogP contribution in [0.2, 0.25) is 0 Å². The monoisotopic (exact) mass is 406 g/mol. The Bertz CT molecular complexity index is 404. The SMILES string of the molecule is CC.CC.CCNC(CS)C(=O)NCC(=O)NC(C(=O)NC(C)C)C(C)C. The largest absolute Gasteiger partial charge is 0.352 e. The topological polar surface area (TPSA) is 99.3 Å². The van der Waals surface area contributed by atoms with E-state index in [1.54, 1.807) is 0 Å². The van der Waals surface area contributed by atoms with Gasteiger partial charge in [-0.1, -0.05) is 48.5 Å². The average molecular weight is 407 g/mol. The molecule has 0 aliphatic heterocycles. The molecule has 0 aliphatic carbocycles. The fourth-order valence-corrected chi connectivity index (χ4v) is 2.21. The summed E-state index contributed by atoms with van der Waals surface area (Å²) in [6.45, 7) is 17.8. The van der Waals surface area contributed by atoms with Crippen LogP contribution in [0.25, 0.3) is 0 Å². The fraction of sp³-hybridized carbons (Fsp3) is 0.842. The van der Waals surface area contributed by atoms with Crippen LogP contribution in [0.1, 0.15) is 62.3 Å². The van der Waals surface area contributed by atoms with Gasteiger partial charge in [-0.15, -0.1) is 0 Å². The maximum atomic E-state index is 12.1. The second-order valence-electron chi connectivity index (χ2n) is 5.96. The van der Waals surface area contributed by atoms with Gasteiger partial charge < -0.3 is 21.3 Å². The van der Waals surface area contributed by atoms with E-state index in [2.05, 4.69) is 33.9 Å². The van der Waals surface area contributed by atoms with Gasteiger partial charge in [-0.05, 0) is 26.3 Å². The minimum atomic E-state index is -0.628. The Kier molecular flexibility index (Phi) is 22.0. The highest BCUT2D eigenvalue weighted by atomic mass is 32.1. The van der Waals surface area contributed by atoms with Crippen molar-refractivity contribution in [3.63, 3.8) is 0 Å². The maximum Gasteiger partial charge on any atom is 0.243 e. The van der Waals surface area contributed by atoms with Gasteiger partial charge >= 0.3 is 0 Å². The van der Waals surface area contributed by atoms with E-state index < -0.39 is 18.0 Å². The zero-order valence-corrected chi connectivity index (χ0v) is 19.5. The molecule has 0 rings (SSSR count). The number of hydrogen-bond donors (Lipinski definition) is 5. The molecule has 2 atom stereocenters. The van der Waals surface area contributed by atoms with Crippen molar-refractivity contribution in [2.24, 2.45) is 5.92 Å². The highest BCUT2D eigenvalue weighted by Crippen LogP contribution is 2.02. The van der Waals surface area contributed by atoms with Crippen LogP contribution in [0.5, 0.6) is 0 Å². The van der Waals surface area contributed by atoms with E-state index in [4.69, 9.17) is 0 Å². The molecule has 4 N–H and O–H groups in total. The van der Waals surface area contributed by atoms with Gasteiger partial charge in [-0.2, -0.15) is 12.6 Å². The van der Waals surface area contributed by atoms with Gasteiger partial charge in [0.2, 0.25) is 17.7 Å². The molecule has 27 heavy (non-hydrogen) atoms. The van der Waals surface area contributed by atoms with Crippen molar-refractivity contribution in [3.05, 3.63) is 0 Å². The molecule has 0 bridgehead atoms. The molecule has 0 fully saturated rings. The predicted molar refractivity (Wildman–Crippen MR) is 117 cm³/mol. The van der Waals surface area contributed by atoms with Crippen LogP contribution in [0.4, 0.5) is 0 Å². The van der Waals surface area contributed by atoms with Crippen molar-refractivity contribution in [2.75, 3.05) is 18.8 Å². The first kappa shape index (κ1) is 30.4. The van der Waals surface area contributed by atoms with Crippen molar-refractivity contribution in [3.8, 4) is 0 Å². The first-order valence-electron chi connectivity index (χ1n) is 9.94. The minimum Gasteiger partial charge on any atom is -0.352 e. The van der Waals surface area contributed by atoms with Crippen LogP contribution >= 0.6 is 12.6 Å². The number of likely N-dealkylation sites (N-methyl/N-ethyl adjacent to an activating group) is 1. The summed E-state index contributed by atoms with van der Waals surface area (Å²) in [5.74, 6) is -0.627. The van der Waals surface area contributed by atoms with Crippen LogP contribution in [-0.2, 0) is 14.4 Å². The minimum absolute atomic E-state index is 0.00313. The molecule has 7 nitrogen and oxygen atoms in total. The van der Waals surface area contributed by atoms with E-state index in [1.807, 2.05) is 62.3 Å². The van der Waals surface area contributed by atoms with Gasteiger partial charge in [-0.3, -0.25) is 14.4 Å². The molecule has 0 aliphatic rings. The molecule has 162 valence electrons. The molecular formula is C19H42N4O3S. The fourth-order valence-electron chi connectivity index (χ4n) is 1.91. The molecule has 0 aromatic carbocycles. The van der Waals surface area contributed by atoms with Crippen molar-refractivity contribution in [2.45, 2.75) is 80.4 Å². The molecule has 0 heterocycles. The number of thiol groups is 1. The smallest absolute Gasteiger partial charge is 0.243 e. The molecule has 0 radical (unpaired) electrons. The number of carbonyl (C=O) groups excluding carboxylic acids is 3. The van der Waals surface area contributed by atoms with Gasteiger partial charge in [0, 0.05) is 11.8 Å². The number of nitrogens with one attached hydrogen (secondary N) is 4. The number of hydrogen-bond acceptors (Lipinski definition) is 5. The van der Waals surface area contributed by atoms with E-state index in [1.165, 1.54) is 0 Å². The lowest BCUT2D eigenvalue weighted by atomic mass is 10.0. The Balaban J connectivity index is -0.00000134. The molecule has 8 heteroatoms. The normalized spacial score (nSPS) is 12.0. The summed E-state index contributed by atoms with van der Waals surface area (Å²) in [5.41, 5.74) is 0. The molecule has 2 unspecified atom stereocenters. The Morgan fingerprint density at radius 1 is 0.889 bits per heavy atom. The third-order valence-electron chi connectivity index (χ3n) is 3.07. The van der Waals surface area contributed by atoms with Crippen LogP contribution < -0.4 is 21.3 Å². The highest BCUT2D eigenvalue weighted by molar-refractivity contribution is 7.80. The quantitative estimate of drug-likeness (QED) is 0.357. The van der Waals surface area contributed by atoms with E-state index in [-0.39, 0.29) is 30.3 Å². The van der Waals surface area contributed by atoms with Crippen molar-refractivity contribution >= 4 is 30.4 Å². The average Bonchev–Trinajstić information content (AvgIpc) is 2.64. The van der Waals surface area contributed by atoms with E-state index in [9.17, 15) is 14.4 Å². The summed E-state index contributed by atoms with van der Waals surface area (Å²) >= 11 is 4.10. The van der Waals surface area contributed by atoms with Gasteiger partial charge in [0.15, 0.2) is 0 Å². The Morgan fingerprint density at radius 2 is 1.41 bits per heavy atom. The lowest BCUT2D eigenvalue weighted by molar-refractivity contribution is -0.131. The zero-order valence-electron chi connectivity index (χ0n) is 18.6. The van der Waals surface area contributed by atoms with E-state index in [0.717, 1.165) is 0 Å². The van der Waals surface area contributed by atoms with Crippen LogP contribution in [0.3, 0.4) is 0 Å². The number of amides is 3. The van der Waals surface area contributed by atoms with E-state index >= 15 is 0 Å². The van der Waals surface area contributed by atoms with Crippen molar-refractivity contribution in [1.82, 2.24) is 21.3 Å². The molecule has 0 spiro atoms. The summed E-state index contributed by atoms with van der Waals surface area (Å²) < 4.78 is 0.